The monoisotopic (exact) mass is 394 g/mol. The molecule has 3 aromatic rings. The first kappa shape index (κ1) is 19.1. The van der Waals surface area contributed by atoms with Crippen LogP contribution in [0.25, 0.3) is 10.9 Å². The number of nitrogens with zero attached hydrogens (tertiary/aromatic N) is 2. The Morgan fingerprint density at radius 2 is 2.00 bits per heavy atom. The first-order valence-corrected chi connectivity index (χ1v) is 9.57. The summed E-state index contributed by atoms with van der Waals surface area (Å²) in [7, 11) is 0. The third-order valence-electron chi connectivity index (χ3n) is 5.19. The van der Waals surface area contributed by atoms with Gasteiger partial charge in [0, 0.05) is 37.2 Å². The molecule has 7 heteroatoms. The topological polar surface area (TPSA) is 92.9 Å². The second-order valence-electron chi connectivity index (χ2n) is 7.10. The molecule has 0 bridgehead atoms. The van der Waals surface area contributed by atoms with Crippen LogP contribution in [-0.2, 0) is 9.53 Å². The summed E-state index contributed by atoms with van der Waals surface area (Å²) >= 11 is 0. The smallest absolute Gasteiger partial charge is 0.227 e. The Morgan fingerprint density at radius 3 is 2.79 bits per heavy atom. The Balaban J connectivity index is 1.83. The van der Waals surface area contributed by atoms with Crippen molar-refractivity contribution in [1.82, 2.24) is 9.88 Å². The third kappa shape index (κ3) is 3.86. The first-order chi connectivity index (χ1) is 14.0. The number of hydrogen-bond donors (Lipinski definition) is 1. The van der Waals surface area contributed by atoms with Crippen molar-refractivity contribution in [3.05, 3.63) is 69.9 Å². The van der Waals surface area contributed by atoms with Gasteiger partial charge in [0.05, 0.1) is 24.6 Å². The van der Waals surface area contributed by atoms with Gasteiger partial charge in [-0.25, -0.2) is 0 Å². The summed E-state index contributed by atoms with van der Waals surface area (Å²) < 4.78 is 11.1. The number of aryl methyl sites for hydroxylation is 1. The van der Waals surface area contributed by atoms with Crippen LogP contribution in [0.2, 0.25) is 0 Å². The molecule has 1 aromatic carbocycles. The molecule has 0 saturated carbocycles. The van der Waals surface area contributed by atoms with Gasteiger partial charge >= 0.3 is 0 Å². The van der Waals surface area contributed by atoms with E-state index in [1.807, 2.05) is 24.3 Å². The number of ether oxygens (including phenoxy) is 1. The Bertz CT molecular complexity index is 1100. The minimum absolute atomic E-state index is 0.0635. The van der Waals surface area contributed by atoms with Crippen molar-refractivity contribution in [3.63, 3.8) is 0 Å². The predicted octanol–water partition coefficient (Wildman–Crippen LogP) is 2.58. The Kier molecular flexibility index (Phi) is 5.31. The van der Waals surface area contributed by atoms with Gasteiger partial charge in [-0.3, -0.25) is 14.6 Å². The molecular weight excluding hydrogens is 372 g/mol. The van der Waals surface area contributed by atoms with Crippen LogP contribution in [0.5, 0.6) is 5.75 Å². The number of morpholine rings is 1. The number of aromatic nitrogens is 1. The molecule has 1 atom stereocenters. The van der Waals surface area contributed by atoms with Gasteiger partial charge in [0.15, 0.2) is 5.76 Å². The zero-order valence-corrected chi connectivity index (χ0v) is 16.1. The number of aromatic hydroxyl groups is 1. The molecule has 1 amide bonds. The van der Waals surface area contributed by atoms with Crippen molar-refractivity contribution in [3.8, 4) is 5.75 Å². The summed E-state index contributed by atoms with van der Waals surface area (Å²) in [4.78, 5) is 31.4. The highest BCUT2D eigenvalue weighted by atomic mass is 16.5. The highest BCUT2D eigenvalue weighted by Gasteiger charge is 2.29. The molecule has 29 heavy (non-hydrogen) atoms. The molecule has 150 valence electrons. The molecule has 1 N–H and O–H groups in total. The lowest BCUT2D eigenvalue weighted by Crippen LogP contribution is -2.41. The molecule has 3 heterocycles. The van der Waals surface area contributed by atoms with Crippen molar-refractivity contribution in [2.75, 3.05) is 26.3 Å². The van der Waals surface area contributed by atoms with Crippen LogP contribution < -0.4 is 5.43 Å². The number of fused-ring (bicyclic) bond motifs is 1. The normalized spacial score (nSPS) is 15.4. The number of pyridine rings is 1. The first-order valence-electron chi connectivity index (χ1n) is 9.57. The quantitative estimate of drug-likeness (QED) is 0.731. The number of para-hydroxylation sites is 1. The number of amides is 1. The fourth-order valence-electron chi connectivity index (χ4n) is 3.74. The number of carbonyl (C=O) groups excluding carboxylic acids is 1. The van der Waals surface area contributed by atoms with Gasteiger partial charge in [0.2, 0.25) is 17.1 Å². The third-order valence-corrected chi connectivity index (χ3v) is 5.19. The van der Waals surface area contributed by atoms with E-state index in [1.165, 1.54) is 6.07 Å². The number of rotatable bonds is 4. The molecular formula is C22H22N2O5. The fraction of sp³-hybridized carbons (Fsp3) is 0.318. The summed E-state index contributed by atoms with van der Waals surface area (Å²) in [6, 6.07) is 10.6. The second kappa shape index (κ2) is 8.05. The molecule has 7 nitrogen and oxygen atoms in total. The fourth-order valence-corrected chi connectivity index (χ4v) is 3.74. The number of hydrogen-bond acceptors (Lipinski definition) is 6. The van der Waals surface area contributed by atoms with E-state index < -0.39 is 17.1 Å². The maximum absolute atomic E-state index is 13.0. The molecule has 0 aliphatic carbocycles. The van der Waals surface area contributed by atoms with Crippen molar-refractivity contribution in [2.24, 2.45) is 0 Å². The second-order valence-corrected chi connectivity index (χ2v) is 7.10. The average Bonchev–Trinajstić information content (AvgIpc) is 2.75. The van der Waals surface area contributed by atoms with Crippen LogP contribution in [0.4, 0.5) is 0 Å². The summed E-state index contributed by atoms with van der Waals surface area (Å²) in [6.07, 6.45) is 1.72. The standard InChI is InChI=1S/C22H22N2O5/c1-14-12-19(25)21(27)22(29-14)17(13-20(26)24-8-10-28-11-9-24)15-6-7-23-18-5-3-2-4-16(15)18/h2-7,12,17,27H,8-11,13H2,1H3. The van der Waals surface area contributed by atoms with E-state index in [-0.39, 0.29) is 18.1 Å². The Labute approximate surface area is 167 Å². The zero-order chi connectivity index (χ0) is 20.4. The van der Waals surface area contributed by atoms with Gasteiger partial charge in [0.25, 0.3) is 0 Å². The number of carbonyl (C=O) groups is 1. The zero-order valence-electron chi connectivity index (χ0n) is 16.1. The van der Waals surface area contributed by atoms with Gasteiger partial charge in [-0.2, -0.15) is 0 Å². The number of benzene rings is 1. The van der Waals surface area contributed by atoms with E-state index >= 15 is 0 Å². The van der Waals surface area contributed by atoms with Gasteiger partial charge in [0.1, 0.15) is 5.76 Å². The summed E-state index contributed by atoms with van der Waals surface area (Å²) in [5.41, 5.74) is 1.02. The van der Waals surface area contributed by atoms with Crippen LogP contribution >= 0.6 is 0 Å². The van der Waals surface area contributed by atoms with Gasteiger partial charge in [-0.05, 0) is 24.6 Å². The molecule has 2 aromatic heterocycles. The Morgan fingerprint density at radius 1 is 1.24 bits per heavy atom. The minimum atomic E-state index is -0.620. The summed E-state index contributed by atoms with van der Waals surface area (Å²) in [6.45, 7) is 3.69. The molecule has 1 aliphatic heterocycles. The van der Waals surface area contributed by atoms with Crippen molar-refractivity contribution in [2.45, 2.75) is 19.3 Å². The molecule has 1 saturated heterocycles. The van der Waals surface area contributed by atoms with E-state index in [1.54, 1.807) is 24.1 Å². The maximum atomic E-state index is 13.0. The molecule has 1 fully saturated rings. The lowest BCUT2D eigenvalue weighted by Gasteiger charge is -2.28. The van der Waals surface area contributed by atoms with E-state index in [0.29, 0.717) is 32.1 Å². The van der Waals surface area contributed by atoms with E-state index in [0.717, 1.165) is 16.5 Å². The largest absolute Gasteiger partial charge is 0.502 e. The molecule has 4 rings (SSSR count). The minimum Gasteiger partial charge on any atom is -0.502 e. The van der Waals surface area contributed by atoms with Crippen LogP contribution in [0.3, 0.4) is 0 Å². The average molecular weight is 394 g/mol. The maximum Gasteiger partial charge on any atom is 0.227 e. The van der Waals surface area contributed by atoms with E-state index in [9.17, 15) is 14.7 Å². The molecule has 1 unspecified atom stereocenters. The summed E-state index contributed by atoms with van der Waals surface area (Å²) in [5.74, 6) is -0.678. The highest BCUT2D eigenvalue weighted by Crippen LogP contribution is 2.36. The Hall–Kier alpha value is -3.19. The lowest BCUT2D eigenvalue weighted by molar-refractivity contribution is -0.135. The van der Waals surface area contributed by atoms with Crippen molar-refractivity contribution >= 4 is 16.8 Å². The van der Waals surface area contributed by atoms with E-state index in [2.05, 4.69) is 4.98 Å². The van der Waals surface area contributed by atoms with Crippen LogP contribution in [0.15, 0.2) is 51.8 Å². The lowest BCUT2D eigenvalue weighted by atomic mass is 9.89. The van der Waals surface area contributed by atoms with E-state index in [4.69, 9.17) is 9.15 Å². The SMILES string of the molecule is Cc1cc(=O)c(O)c(C(CC(=O)N2CCOCC2)c2ccnc3ccccc23)o1. The summed E-state index contributed by atoms with van der Waals surface area (Å²) in [5, 5.41) is 11.3. The van der Waals surface area contributed by atoms with Gasteiger partial charge in [-0.15, -0.1) is 0 Å². The van der Waals surface area contributed by atoms with Crippen LogP contribution in [-0.4, -0.2) is 47.2 Å². The van der Waals surface area contributed by atoms with Crippen LogP contribution in [0.1, 0.15) is 29.4 Å². The molecule has 0 spiro atoms. The van der Waals surface area contributed by atoms with Crippen LogP contribution in [0, 0.1) is 6.92 Å². The van der Waals surface area contributed by atoms with Crippen molar-refractivity contribution in [1.29, 1.82) is 0 Å². The molecule has 0 radical (unpaired) electrons. The predicted molar refractivity (Wildman–Crippen MR) is 107 cm³/mol. The molecule has 1 aliphatic rings. The highest BCUT2D eigenvalue weighted by molar-refractivity contribution is 5.85. The van der Waals surface area contributed by atoms with Crippen molar-refractivity contribution < 1.29 is 19.1 Å². The van der Waals surface area contributed by atoms with Gasteiger partial charge in [-0.1, -0.05) is 18.2 Å². The van der Waals surface area contributed by atoms with Gasteiger partial charge < -0.3 is 19.2 Å².